The van der Waals surface area contributed by atoms with Crippen molar-refractivity contribution in [2.45, 2.75) is 38.2 Å². The Morgan fingerprint density at radius 3 is 2.30 bits per heavy atom. The van der Waals surface area contributed by atoms with E-state index in [-0.39, 0.29) is 12.6 Å². The first kappa shape index (κ1) is 22.9. The molecule has 1 aliphatic rings. The minimum absolute atomic E-state index is 0.0102. The highest BCUT2D eigenvalue weighted by Crippen LogP contribution is 2.31. The molecule has 0 saturated carbocycles. The molecule has 0 heterocycles. The van der Waals surface area contributed by atoms with Crippen LogP contribution in [0.1, 0.15) is 42.1 Å². The monoisotopic (exact) mass is 445 g/mol. The molecule has 33 heavy (non-hydrogen) atoms. The molecule has 0 amide bonds. The second-order valence-electron chi connectivity index (χ2n) is 8.65. The van der Waals surface area contributed by atoms with Crippen LogP contribution in [0.5, 0.6) is 17.2 Å². The summed E-state index contributed by atoms with van der Waals surface area (Å²) in [4.78, 5) is 12.8. The van der Waals surface area contributed by atoms with Crippen molar-refractivity contribution < 1.29 is 19.4 Å². The van der Waals surface area contributed by atoms with Gasteiger partial charge in [-0.3, -0.25) is 9.69 Å². The van der Waals surface area contributed by atoms with Crippen molar-refractivity contribution in [3.8, 4) is 17.2 Å². The summed E-state index contributed by atoms with van der Waals surface area (Å²) >= 11 is 0. The molecule has 3 aromatic rings. The third kappa shape index (κ3) is 6.59. The maximum absolute atomic E-state index is 11.0. The number of carboxylic acids is 1. The summed E-state index contributed by atoms with van der Waals surface area (Å²) in [6.45, 7) is 0.627. The van der Waals surface area contributed by atoms with Crippen LogP contribution < -0.4 is 9.47 Å². The Morgan fingerprint density at radius 1 is 0.909 bits per heavy atom. The zero-order valence-corrected chi connectivity index (χ0v) is 19.1. The average Bonchev–Trinajstić information content (AvgIpc) is 2.83. The van der Waals surface area contributed by atoms with Gasteiger partial charge in [-0.05, 0) is 85.8 Å². The van der Waals surface area contributed by atoms with Crippen molar-refractivity contribution in [1.29, 1.82) is 0 Å². The van der Waals surface area contributed by atoms with Crippen molar-refractivity contribution in [2.24, 2.45) is 0 Å². The third-order valence-corrected chi connectivity index (χ3v) is 6.01. The van der Waals surface area contributed by atoms with Crippen LogP contribution in [0.15, 0.2) is 72.8 Å². The van der Waals surface area contributed by atoms with Crippen LogP contribution in [-0.4, -0.2) is 36.1 Å². The van der Waals surface area contributed by atoms with Crippen molar-refractivity contribution in [3.63, 3.8) is 0 Å². The van der Waals surface area contributed by atoms with Gasteiger partial charge in [0.05, 0.1) is 6.54 Å². The molecule has 1 N–H and O–H groups in total. The third-order valence-electron chi connectivity index (χ3n) is 6.01. The van der Waals surface area contributed by atoms with Gasteiger partial charge in [0.2, 0.25) is 0 Å². The van der Waals surface area contributed by atoms with Gasteiger partial charge in [-0.15, -0.1) is 0 Å². The number of nitrogens with zero attached hydrogens (tertiary/aromatic N) is 1. The molecule has 0 bridgehead atoms. The minimum atomic E-state index is -0.829. The van der Waals surface area contributed by atoms with Crippen LogP contribution in [0.2, 0.25) is 0 Å². The van der Waals surface area contributed by atoms with Crippen molar-refractivity contribution in [1.82, 2.24) is 4.90 Å². The van der Waals surface area contributed by atoms with Gasteiger partial charge in [0.1, 0.15) is 23.4 Å². The van der Waals surface area contributed by atoms with E-state index < -0.39 is 5.97 Å². The zero-order chi connectivity index (χ0) is 23.0. The van der Waals surface area contributed by atoms with Gasteiger partial charge in [-0.1, -0.05) is 36.4 Å². The minimum Gasteiger partial charge on any atom is -0.486 e. The van der Waals surface area contributed by atoms with E-state index in [0.29, 0.717) is 13.0 Å². The topological polar surface area (TPSA) is 59.0 Å². The number of hydrogen-bond donors (Lipinski definition) is 1. The predicted octanol–water partition coefficient (Wildman–Crippen LogP) is 5.88. The highest BCUT2D eigenvalue weighted by molar-refractivity contribution is 5.69. The molecule has 1 atom stereocenters. The van der Waals surface area contributed by atoms with Crippen LogP contribution in [0.25, 0.3) is 0 Å². The number of aliphatic carboxylic acids is 1. The predicted molar refractivity (Wildman–Crippen MR) is 129 cm³/mol. The molecule has 0 radical (unpaired) electrons. The first-order valence-corrected chi connectivity index (χ1v) is 11.6. The summed E-state index contributed by atoms with van der Waals surface area (Å²) in [5, 5.41) is 9.01. The summed E-state index contributed by atoms with van der Waals surface area (Å²) in [5.74, 6) is 1.57. The van der Waals surface area contributed by atoms with Crippen molar-refractivity contribution >= 4 is 5.97 Å². The van der Waals surface area contributed by atoms with Crippen LogP contribution in [0, 0.1) is 0 Å². The normalized spacial score (nSPS) is 13.9. The molecule has 0 saturated heterocycles. The van der Waals surface area contributed by atoms with Crippen LogP contribution in [-0.2, 0) is 17.6 Å². The smallest absolute Gasteiger partial charge is 0.317 e. The Balaban J connectivity index is 1.41. The molecule has 5 heteroatoms. The number of benzene rings is 3. The molecule has 0 aromatic heterocycles. The van der Waals surface area contributed by atoms with Gasteiger partial charge >= 0.3 is 5.97 Å². The van der Waals surface area contributed by atoms with Gasteiger partial charge in [0.15, 0.2) is 0 Å². The van der Waals surface area contributed by atoms with Crippen LogP contribution in [0.3, 0.4) is 0 Å². The number of carbonyl (C=O) groups is 1. The summed E-state index contributed by atoms with van der Waals surface area (Å²) in [7, 11) is 1.81. The molecule has 1 unspecified atom stereocenters. The second-order valence-corrected chi connectivity index (χ2v) is 8.65. The van der Waals surface area contributed by atoms with E-state index in [1.165, 1.54) is 24.0 Å². The van der Waals surface area contributed by atoms with E-state index >= 15 is 0 Å². The SMILES string of the molecule is CN(CCC(Oc1ccc(Oc2ccc3c(c2)CCCC3)cc1)c1ccccc1)CC(=O)O. The molecule has 0 aliphatic heterocycles. The molecule has 1 aliphatic carbocycles. The highest BCUT2D eigenvalue weighted by Gasteiger charge is 2.16. The molecular formula is C28H31NO4. The summed E-state index contributed by atoms with van der Waals surface area (Å²) in [6.07, 6.45) is 5.32. The summed E-state index contributed by atoms with van der Waals surface area (Å²) in [5.41, 5.74) is 3.91. The lowest BCUT2D eigenvalue weighted by Gasteiger charge is -2.22. The van der Waals surface area contributed by atoms with Crippen molar-refractivity contribution in [2.75, 3.05) is 20.1 Å². The first-order valence-electron chi connectivity index (χ1n) is 11.6. The maximum atomic E-state index is 11.0. The average molecular weight is 446 g/mol. The molecule has 5 nitrogen and oxygen atoms in total. The molecule has 4 rings (SSSR count). The van der Waals surface area contributed by atoms with Gasteiger partial charge in [-0.25, -0.2) is 0 Å². The molecule has 3 aromatic carbocycles. The summed E-state index contributed by atoms with van der Waals surface area (Å²) in [6, 6.07) is 24.1. The number of likely N-dealkylation sites (N-methyl/N-ethyl adjacent to an activating group) is 1. The molecule has 0 spiro atoms. The Hall–Kier alpha value is -3.31. The Labute approximate surface area is 195 Å². The lowest BCUT2D eigenvalue weighted by Crippen LogP contribution is -2.28. The quantitative estimate of drug-likeness (QED) is 0.422. The van der Waals surface area contributed by atoms with E-state index in [1.807, 2.05) is 67.7 Å². The fraction of sp³-hybridized carbons (Fsp3) is 0.321. The first-order chi connectivity index (χ1) is 16.1. The summed E-state index contributed by atoms with van der Waals surface area (Å²) < 4.78 is 12.4. The number of aryl methyl sites for hydroxylation is 2. The molecule has 0 fully saturated rings. The van der Waals surface area contributed by atoms with E-state index in [2.05, 4.69) is 12.1 Å². The number of rotatable bonds is 10. The number of hydrogen-bond acceptors (Lipinski definition) is 4. The van der Waals surface area contributed by atoms with E-state index in [4.69, 9.17) is 14.6 Å². The Morgan fingerprint density at radius 2 is 1.58 bits per heavy atom. The van der Waals surface area contributed by atoms with Crippen molar-refractivity contribution in [3.05, 3.63) is 89.5 Å². The van der Waals surface area contributed by atoms with E-state index in [0.717, 1.165) is 35.7 Å². The van der Waals surface area contributed by atoms with E-state index in [9.17, 15) is 4.79 Å². The largest absolute Gasteiger partial charge is 0.486 e. The fourth-order valence-electron chi connectivity index (χ4n) is 4.27. The van der Waals surface area contributed by atoms with Gasteiger partial charge < -0.3 is 14.6 Å². The molecular weight excluding hydrogens is 414 g/mol. The van der Waals surface area contributed by atoms with Gasteiger partial charge in [-0.2, -0.15) is 0 Å². The lowest BCUT2D eigenvalue weighted by molar-refractivity contribution is -0.138. The van der Waals surface area contributed by atoms with Crippen LogP contribution >= 0.6 is 0 Å². The highest BCUT2D eigenvalue weighted by atomic mass is 16.5. The van der Waals surface area contributed by atoms with Gasteiger partial charge in [0.25, 0.3) is 0 Å². The number of carboxylic acid groups (broad SMARTS) is 1. The van der Waals surface area contributed by atoms with Gasteiger partial charge in [0, 0.05) is 13.0 Å². The van der Waals surface area contributed by atoms with E-state index in [1.54, 1.807) is 4.90 Å². The molecule has 172 valence electrons. The number of ether oxygens (including phenoxy) is 2. The second kappa shape index (κ2) is 11.0. The lowest BCUT2D eigenvalue weighted by atomic mass is 9.92. The fourth-order valence-corrected chi connectivity index (χ4v) is 4.27. The Kier molecular flexibility index (Phi) is 7.63. The number of fused-ring (bicyclic) bond motifs is 1. The Bertz CT molecular complexity index is 1050. The maximum Gasteiger partial charge on any atom is 0.317 e. The van der Waals surface area contributed by atoms with Crippen LogP contribution in [0.4, 0.5) is 0 Å². The zero-order valence-electron chi connectivity index (χ0n) is 19.1. The standard InChI is InChI=1S/C28H31NO4/c1-29(20-28(30)31)18-17-27(22-8-3-2-4-9-22)33-25-15-13-24(14-16-25)32-26-12-11-21-7-5-6-10-23(21)19-26/h2-4,8-9,11-16,19,27H,5-7,10,17-18,20H2,1H3,(H,30,31).